The molecule has 9 heteroatoms. The number of fused-ring (bicyclic) bond motifs is 1. The number of amides is 1. The number of carbonyl (C=O) groups is 1. The molecule has 1 amide bonds. The fraction of sp³-hybridized carbons (Fsp3) is 0.667. The van der Waals surface area contributed by atoms with Gasteiger partial charge in [0.25, 0.3) is 5.56 Å². The molecular formula is C18H27N5O4. The highest BCUT2D eigenvalue weighted by atomic mass is 16.5. The maximum Gasteiger partial charge on any atom is 0.332 e. The number of hydrogen-bond acceptors (Lipinski definition) is 5. The second kappa shape index (κ2) is 8.51. The van der Waals surface area contributed by atoms with Gasteiger partial charge in [0.1, 0.15) is 0 Å². The standard InChI is InChI=1S/C18H27N5O4/c1-21-16-15(17(25)22(2)18(21)26)23(12-20-16)9-3-5-14(24)19-8-4-10-27-11-13-6-7-13/h12-13H,3-11H2,1-2H3,(H,19,24). The molecule has 0 radical (unpaired) electrons. The first-order valence-corrected chi connectivity index (χ1v) is 9.44. The Kier molecular flexibility index (Phi) is 6.10. The van der Waals surface area contributed by atoms with Crippen molar-refractivity contribution >= 4 is 17.1 Å². The highest BCUT2D eigenvalue weighted by Gasteiger charge is 2.20. The molecule has 1 fully saturated rings. The van der Waals surface area contributed by atoms with Gasteiger partial charge in [-0.3, -0.25) is 18.7 Å². The summed E-state index contributed by atoms with van der Waals surface area (Å²) in [5.41, 5.74) is -0.0361. The molecule has 0 saturated heterocycles. The van der Waals surface area contributed by atoms with E-state index in [9.17, 15) is 14.4 Å². The summed E-state index contributed by atoms with van der Waals surface area (Å²) in [7, 11) is 3.03. The average molecular weight is 377 g/mol. The third-order valence-corrected chi connectivity index (χ3v) is 4.86. The summed E-state index contributed by atoms with van der Waals surface area (Å²) in [5, 5.41) is 2.89. The van der Waals surface area contributed by atoms with E-state index in [0.717, 1.165) is 23.5 Å². The van der Waals surface area contributed by atoms with E-state index >= 15 is 0 Å². The van der Waals surface area contributed by atoms with Gasteiger partial charge in [-0.05, 0) is 31.6 Å². The van der Waals surface area contributed by atoms with Gasteiger partial charge in [0.05, 0.1) is 6.33 Å². The predicted octanol–water partition coefficient (Wildman–Crippen LogP) is 0.147. The van der Waals surface area contributed by atoms with E-state index in [4.69, 9.17) is 4.74 Å². The fourth-order valence-corrected chi connectivity index (χ4v) is 3.00. The van der Waals surface area contributed by atoms with Gasteiger partial charge in [0, 0.05) is 46.8 Å². The molecule has 0 aliphatic heterocycles. The zero-order valence-corrected chi connectivity index (χ0v) is 15.9. The van der Waals surface area contributed by atoms with Crippen LogP contribution < -0.4 is 16.6 Å². The highest BCUT2D eigenvalue weighted by molar-refractivity contribution is 5.75. The van der Waals surface area contributed by atoms with Crippen LogP contribution in [0.15, 0.2) is 15.9 Å². The molecule has 2 heterocycles. The number of imidazole rings is 1. The molecule has 1 saturated carbocycles. The van der Waals surface area contributed by atoms with E-state index in [-0.39, 0.29) is 11.5 Å². The predicted molar refractivity (Wildman–Crippen MR) is 101 cm³/mol. The number of nitrogens with one attached hydrogen (secondary N) is 1. The van der Waals surface area contributed by atoms with Crippen molar-refractivity contribution in [2.24, 2.45) is 20.0 Å². The number of ether oxygens (including phenoxy) is 1. The van der Waals surface area contributed by atoms with E-state index in [2.05, 4.69) is 10.3 Å². The van der Waals surface area contributed by atoms with Crippen molar-refractivity contribution in [1.29, 1.82) is 0 Å². The van der Waals surface area contributed by atoms with Crippen molar-refractivity contribution in [2.45, 2.75) is 38.6 Å². The molecule has 148 valence electrons. The molecule has 0 bridgehead atoms. The van der Waals surface area contributed by atoms with Crippen LogP contribution in [-0.4, -0.2) is 44.4 Å². The molecule has 0 atom stereocenters. The average Bonchev–Trinajstić information content (AvgIpc) is 3.39. The second-order valence-corrected chi connectivity index (χ2v) is 7.14. The maximum atomic E-state index is 12.4. The first-order valence-electron chi connectivity index (χ1n) is 9.44. The second-order valence-electron chi connectivity index (χ2n) is 7.14. The lowest BCUT2D eigenvalue weighted by molar-refractivity contribution is -0.121. The van der Waals surface area contributed by atoms with E-state index < -0.39 is 5.69 Å². The number of aromatic nitrogens is 4. The number of nitrogens with zero attached hydrogens (tertiary/aromatic N) is 4. The molecule has 2 aromatic heterocycles. The van der Waals surface area contributed by atoms with Crippen LogP contribution >= 0.6 is 0 Å². The van der Waals surface area contributed by atoms with Crippen LogP contribution in [0.4, 0.5) is 0 Å². The smallest absolute Gasteiger partial charge is 0.332 e. The SMILES string of the molecule is Cn1c(=O)c2c(ncn2CCCC(=O)NCCCOCC2CC2)n(C)c1=O. The third-order valence-electron chi connectivity index (χ3n) is 4.86. The van der Waals surface area contributed by atoms with Crippen molar-refractivity contribution in [3.8, 4) is 0 Å². The van der Waals surface area contributed by atoms with Gasteiger partial charge in [0.2, 0.25) is 5.91 Å². The third kappa shape index (κ3) is 4.65. The van der Waals surface area contributed by atoms with Gasteiger partial charge < -0.3 is 14.6 Å². The Morgan fingerprint density at radius 2 is 2.04 bits per heavy atom. The van der Waals surface area contributed by atoms with Crippen LogP contribution in [-0.2, 0) is 30.2 Å². The van der Waals surface area contributed by atoms with Crippen molar-refractivity contribution < 1.29 is 9.53 Å². The number of rotatable bonds is 10. The molecule has 2 aromatic rings. The first kappa shape index (κ1) is 19.3. The number of aryl methyl sites for hydroxylation is 2. The van der Waals surface area contributed by atoms with Gasteiger partial charge in [-0.2, -0.15) is 0 Å². The monoisotopic (exact) mass is 377 g/mol. The van der Waals surface area contributed by atoms with E-state index in [0.29, 0.717) is 43.7 Å². The molecular weight excluding hydrogens is 350 g/mol. The van der Waals surface area contributed by atoms with E-state index in [1.807, 2.05) is 0 Å². The summed E-state index contributed by atoms with van der Waals surface area (Å²) < 4.78 is 9.66. The lowest BCUT2D eigenvalue weighted by Gasteiger charge is -2.08. The van der Waals surface area contributed by atoms with Crippen molar-refractivity contribution in [1.82, 2.24) is 24.0 Å². The largest absolute Gasteiger partial charge is 0.381 e. The van der Waals surface area contributed by atoms with Crippen LogP contribution in [0.25, 0.3) is 11.2 Å². The Bertz CT molecular complexity index is 922. The topological polar surface area (TPSA) is 100 Å². The Morgan fingerprint density at radius 3 is 2.78 bits per heavy atom. The number of hydrogen-bond donors (Lipinski definition) is 1. The zero-order chi connectivity index (χ0) is 19.4. The zero-order valence-electron chi connectivity index (χ0n) is 15.9. The molecule has 1 N–H and O–H groups in total. The lowest BCUT2D eigenvalue weighted by Crippen LogP contribution is -2.37. The summed E-state index contributed by atoms with van der Waals surface area (Å²) in [4.78, 5) is 40.4. The van der Waals surface area contributed by atoms with Crippen molar-refractivity contribution in [2.75, 3.05) is 19.8 Å². The molecule has 9 nitrogen and oxygen atoms in total. The van der Waals surface area contributed by atoms with Gasteiger partial charge in [-0.15, -0.1) is 0 Å². The summed E-state index contributed by atoms with van der Waals surface area (Å²) in [5.74, 6) is 0.750. The van der Waals surface area contributed by atoms with Crippen LogP contribution in [0.1, 0.15) is 32.1 Å². The minimum Gasteiger partial charge on any atom is -0.381 e. The van der Waals surface area contributed by atoms with Crippen LogP contribution in [0, 0.1) is 5.92 Å². The Balaban J connectivity index is 1.44. The molecule has 0 spiro atoms. The Morgan fingerprint density at radius 1 is 1.26 bits per heavy atom. The van der Waals surface area contributed by atoms with Gasteiger partial charge >= 0.3 is 5.69 Å². The van der Waals surface area contributed by atoms with Crippen molar-refractivity contribution in [3.05, 3.63) is 27.2 Å². The first-order chi connectivity index (χ1) is 13.0. The highest BCUT2D eigenvalue weighted by Crippen LogP contribution is 2.28. The summed E-state index contributed by atoms with van der Waals surface area (Å²) in [6.45, 7) is 2.62. The molecule has 1 aliphatic rings. The molecule has 3 rings (SSSR count). The van der Waals surface area contributed by atoms with Crippen LogP contribution in [0.2, 0.25) is 0 Å². The van der Waals surface area contributed by atoms with Crippen molar-refractivity contribution in [3.63, 3.8) is 0 Å². The van der Waals surface area contributed by atoms with Gasteiger partial charge in [0.15, 0.2) is 11.2 Å². The summed E-state index contributed by atoms with van der Waals surface area (Å²) in [6, 6.07) is 0. The Hall–Kier alpha value is -2.42. The van der Waals surface area contributed by atoms with Crippen LogP contribution in [0.5, 0.6) is 0 Å². The minimum absolute atomic E-state index is 0.0121. The van der Waals surface area contributed by atoms with E-state index in [1.165, 1.54) is 24.5 Å². The molecule has 27 heavy (non-hydrogen) atoms. The molecule has 1 aliphatic carbocycles. The minimum atomic E-state index is -0.404. The maximum absolute atomic E-state index is 12.4. The van der Waals surface area contributed by atoms with Gasteiger partial charge in [-0.25, -0.2) is 9.78 Å². The number of carbonyl (C=O) groups excluding carboxylic acids is 1. The fourth-order valence-electron chi connectivity index (χ4n) is 3.00. The van der Waals surface area contributed by atoms with Gasteiger partial charge in [-0.1, -0.05) is 0 Å². The molecule has 0 aromatic carbocycles. The summed E-state index contributed by atoms with van der Waals surface area (Å²) >= 11 is 0. The Labute approximate surface area is 156 Å². The lowest BCUT2D eigenvalue weighted by atomic mass is 10.3. The summed E-state index contributed by atoms with van der Waals surface area (Å²) in [6.07, 6.45) is 5.88. The van der Waals surface area contributed by atoms with Crippen LogP contribution in [0.3, 0.4) is 0 Å². The molecule has 0 unspecified atom stereocenters. The van der Waals surface area contributed by atoms with E-state index in [1.54, 1.807) is 17.9 Å². The normalized spacial score (nSPS) is 14.0. The quantitative estimate of drug-likeness (QED) is 0.594.